The Morgan fingerprint density at radius 2 is 1.17 bits per heavy atom. The van der Waals surface area contributed by atoms with Crippen molar-refractivity contribution in [3.8, 4) is 0 Å². The van der Waals surface area contributed by atoms with Crippen LogP contribution in [0.2, 0.25) is 0 Å². The fourth-order valence-corrected chi connectivity index (χ4v) is 1.80. The van der Waals surface area contributed by atoms with Crippen molar-refractivity contribution >= 4 is 17.7 Å². The van der Waals surface area contributed by atoms with Crippen LogP contribution < -0.4 is 0 Å². The number of ketones is 1. The average molecular weight is 312 g/mol. The zero-order valence-corrected chi connectivity index (χ0v) is 12.4. The van der Waals surface area contributed by atoms with Gasteiger partial charge in [-0.05, 0) is 11.1 Å². The fraction of sp³-hybridized carbons (Fsp3) is 0.167. The van der Waals surface area contributed by atoms with Gasteiger partial charge in [0.15, 0.2) is 0 Å². The van der Waals surface area contributed by atoms with Crippen LogP contribution in [0.1, 0.15) is 17.5 Å². The third-order valence-corrected chi connectivity index (χ3v) is 2.99. The average Bonchev–Trinajstić information content (AvgIpc) is 2.59. The summed E-state index contributed by atoms with van der Waals surface area (Å²) in [7, 11) is 0. The maximum absolute atomic E-state index is 11.6. The van der Waals surface area contributed by atoms with Crippen LogP contribution in [0, 0.1) is 0 Å². The minimum Gasteiger partial charge on any atom is -0.460 e. The number of Topliss-reactive ketones (excluding diaryl/α,β-unsaturated/α-hetero) is 1. The lowest BCUT2D eigenvalue weighted by atomic mass is 10.2. The Bertz CT molecular complexity index is 664. The van der Waals surface area contributed by atoms with E-state index in [0.29, 0.717) is 0 Å². The summed E-state index contributed by atoms with van der Waals surface area (Å²) in [5, 5.41) is 0. The third kappa shape index (κ3) is 5.74. The van der Waals surface area contributed by atoms with Gasteiger partial charge in [0.25, 0.3) is 5.78 Å². The van der Waals surface area contributed by atoms with Crippen LogP contribution in [0.15, 0.2) is 60.7 Å². The number of hydrogen-bond donors (Lipinski definition) is 0. The van der Waals surface area contributed by atoms with Crippen LogP contribution >= 0.6 is 0 Å². The van der Waals surface area contributed by atoms with Crippen LogP contribution in [-0.2, 0) is 37.1 Å². The summed E-state index contributed by atoms with van der Waals surface area (Å²) in [5.74, 6) is -2.71. The molecule has 2 rings (SSSR count). The molecule has 0 atom stereocenters. The van der Waals surface area contributed by atoms with Crippen molar-refractivity contribution in [3.05, 3.63) is 71.8 Å². The van der Waals surface area contributed by atoms with Gasteiger partial charge in [-0.2, -0.15) is 0 Å². The summed E-state index contributed by atoms with van der Waals surface area (Å²) >= 11 is 0. The molecule has 5 heteroatoms. The van der Waals surface area contributed by atoms with E-state index in [0.717, 1.165) is 11.1 Å². The number of carbonyl (C=O) groups is 3. The first-order chi connectivity index (χ1) is 11.1. The summed E-state index contributed by atoms with van der Waals surface area (Å²) in [6, 6.07) is 18.0. The van der Waals surface area contributed by atoms with Crippen LogP contribution in [0.4, 0.5) is 0 Å². The second-order valence-electron chi connectivity index (χ2n) is 4.81. The van der Waals surface area contributed by atoms with Gasteiger partial charge in [0.05, 0.1) is 0 Å². The standard InChI is InChI=1S/C18H16O5/c19-16(18(21)23-13-15-9-5-2-6-10-15)11-17(20)22-12-14-7-3-1-4-8-14/h1-10H,11-13H2. The lowest BCUT2D eigenvalue weighted by molar-refractivity contribution is -0.159. The van der Waals surface area contributed by atoms with Gasteiger partial charge in [-0.1, -0.05) is 60.7 Å². The highest BCUT2D eigenvalue weighted by molar-refractivity contribution is 6.36. The molecular formula is C18H16O5. The van der Waals surface area contributed by atoms with Gasteiger partial charge in [-0.25, -0.2) is 4.79 Å². The summed E-state index contributed by atoms with van der Waals surface area (Å²) in [6.07, 6.45) is -0.625. The molecule has 0 aromatic heterocycles. The lowest BCUT2D eigenvalue weighted by Crippen LogP contribution is -2.21. The highest BCUT2D eigenvalue weighted by Crippen LogP contribution is 2.04. The minimum absolute atomic E-state index is 0.00945. The van der Waals surface area contributed by atoms with E-state index in [2.05, 4.69) is 0 Å². The number of ether oxygens (including phenoxy) is 2. The Balaban J connectivity index is 1.72. The minimum atomic E-state index is -1.04. The molecule has 0 aliphatic carbocycles. The van der Waals surface area contributed by atoms with E-state index in [-0.39, 0.29) is 13.2 Å². The molecule has 0 radical (unpaired) electrons. The SMILES string of the molecule is O=C(CC(=O)C(=O)OCc1ccccc1)OCc1ccccc1. The predicted octanol–water partition coefficient (Wildman–Crippen LogP) is 2.43. The van der Waals surface area contributed by atoms with Crippen LogP contribution in [0.25, 0.3) is 0 Å². The summed E-state index contributed by atoms with van der Waals surface area (Å²) in [5.41, 5.74) is 1.57. The molecule has 118 valence electrons. The number of benzene rings is 2. The molecule has 0 aliphatic heterocycles. The van der Waals surface area contributed by atoms with E-state index in [1.807, 2.05) is 24.3 Å². The molecule has 2 aromatic rings. The topological polar surface area (TPSA) is 69.7 Å². The lowest BCUT2D eigenvalue weighted by Gasteiger charge is -2.05. The van der Waals surface area contributed by atoms with Gasteiger partial charge < -0.3 is 9.47 Å². The van der Waals surface area contributed by atoms with Crippen molar-refractivity contribution in [2.75, 3.05) is 0 Å². The smallest absolute Gasteiger partial charge is 0.375 e. The molecule has 23 heavy (non-hydrogen) atoms. The first-order valence-corrected chi connectivity index (χ1v) is 7.08. The Morgan fingerprint density at radius 3 is 1.70 bits per heavy atom. The maximum Gasteiger partial charge on any atom is 0.375 e. The van der Waals surface area contributed by atoms with Gasteiger partial charge in [-0.3, -0.25) is 9.59 Å². The molecule has 5 nitrogen and oxygen atoms in total. The van der Waals surface area contributed by atoms with Crippen LogP contribution in [-0.4, -0.2) is 17.7 Å². The first-order valence-electron chi connectivity index (χ1n) is 7.08. The molecule has 2 aromatic carbocycles. The van der Waals surface area contributed by atoms with Crippen molar-refractivity contribution in [2.24, 2.45) is 0 Å². The van der Waals surface area contributed by atoms with Crippen molar-refractivity contribution in [2.45, 2.75) is 19.6 Å². The Labute approximate surface area is 133 Å². The molecular weight excluding hydrogens is 296 g/mol. The summed E-state index contributed by atoms with van der Waals surface area (Å²) < 4.78 is 9.80. The normalized spacial score (nSPS) is 9.91. The van der Waals surface area contributed by atoms with E-state index >= 15 is 0 Å². The van der Waals surface area contributed by atoms with Crippen LogP contribution in [0.5, 0.6) is 0 Å². The van der Waals surface area contributed by atoms with E-state index in [9.17, 15) is 14.4 Å². The Morgan fingerprint density at radius 1 is 0.696 bits per heavy atom. The van der Waals surface area contributed by atoms with Crippen molar-refractivity contribution < 1.29 is 23.9 Å². The number of esters is 2. The largest absolute Gasteiger partial charge is 0.460 e. The Hall–Kier alpha value is -2.95. The molecule has 0 fully saturated rings. The third-order valence-electron chi connectivity index (χ3n) is 2.99. The molecule has 0 heterocycles. The van der Waals surface area contributed by atoms with Gasteiger partial charge in [0, 0.05) is 0 Å². The highest BCUT2D eigenvalue weighted by Gasteiger charge is 2.20. The number of rotatable bonds is 7. The maximum atomic E-state index is 11.6. The van der Waals surface area contributed by atoms with Crippen molar-refractivity contribution in [1.82, 2.24) is 0 Å². The fourth-order valence-electron chi connectivity index (χ4n) is 1.80. The molecule has 0 spiro atoms. The van der Waals surface area contributed by atoms with Crippen molar-refractivity contribution in [1.29, 1.82) is 0 Å². The molecule has 0 bridgehead atoms. The second kappa shape index (κ2) is 8.48. The number of carbonyl (C=O) groups excluding carboxylic acids is 3. The highest BCUT2D eigenvalue weighted by atomic mass is 16.5. The summed E-state index contributed by atoms with van der Waals surface area (Å²) in [6.45, 7) is 0.0521. The second-order valence-corrected chi connectivity index (χ2v) is 4.81. The molecule has 0 amide bonds. The Kier molecular flexibility index (Phi) is 6.06. The van der Waals surface area contributed by atoms with Gasteiger partial charge in [0.1, 0.15) is 19.6 Å². The molecule has 0 N–H and O–H groups in total. The molecule has 0 aliphatic rings. The van der Waals surface area contributed by atoms with E-state index in [1.165, 1.54) is 0 Å². The number of hydrogen-bond acceptors (Lipinski definition) is 5. The van der Waals surface area contributed by atoms with E-state index < -0.39 is 24.1 Å². The van der Waals surface area contributed by atoms with Gasteiger partial charge >= 0.3 is 11.9 Å². The van der Waals surface area contributed by atoms with Crippen molar-refractivity contribution in [3.63, 3.8) is 0 Å². The quantitative estimate of drug-likeness (QED) is 0.446. The van der Waals surface area contributed by atoms with Gasteiger partial charge in [-0.15, -0.1) is 0 Å². The molecule has 0 saturated carbocycles. The zero-order valence-electron chi connectivity index (χ0n) is 12.4. The summed E-state index contributed by atoms with van der Waals surface area (Å²) in [4.78, 5) is 34.7. The zero-order chi connectivity index (χ0) is 16.5. The van der Waals surface area contributed by atoms with E-state index in [4.69, 9.17) is 9.47 Å². The molecule has 0 saturated heterocycles. The van der Waals surface area contributed by atoms with Gasteiger partial charge in [0.2, 0.25) is 0 Å². The first kappa shape index (κ1) is 16.4. The monoisotopic (exact) mass is 312 g/mol. The predicted molar refractivity (Wildman–Crippen MR) is 82.1 cm³/mol. The van der Waals surface area contributed by atoms with Crippen LogP contribution in [0.3, 0.4) is 0 Å². The molecule has 0 unspecified atom stereocenters. The van der Waals surface area contributed by atoms with E-state index in [1.54, 1.807) is 36.4 Å².